The fourth-order valence-electron chi connectivity index (χ4n) is 1.29. The van der Waals surface area contributed by atoms with E-state index in [9.17, 15) is 4.79 Å². The number of aryl methyl sites for hydroxylation is 1. The molecule has 0 aliphatic rings. The highest BCUT2D eigenvalue weighted by Gasteiger charge is 2.01. The van der Waals surface area contributed by atoms with E-state index in [1.807, 2.05) is 19.3 Å². The Hall–Kier alpha value is -1.80. The van der Waals surface area contributed by atoms with Crippen LogP contribution >= 0.6 is 0 Å². The van der Waals surface area contributed by atoms with Gasteiger partial charge in [0.05, 0.1) is 0 Å². The van der Waals surface area contributed by atoms with E-state index in [1.165, 1.54) is 0 Å². The van der Waals surface area contributed by atoms with Crippen LogP contribution in [0.4, 0.5) is 0 Å². The first-order valence-corrected chi connectivity index (χ1v) is 4.68. The summed E-state index contributed by atoms with van der Waals surface area (Å²) in [5.41, 5.74) is 6.65. The Balaban J connectivity index is 2.38. The normalized spacial score (nSPS) is 9.87. The van der Waals surface area contributed by atoms with Gasteiger partial charge in [-0.05, 0) is 11.6 Å². The van der Waals surface area contributed by atoms with E-state index >= 15 is 0 Å². The number of hydrogen-bond donors (Lipinski definition) is 2. The van der Waals surface area contributed by atoms with E-state index in [4.69, 9.17) is 11.0 Å². The van der Waals surface area contributed by atoms with E-state index in [-0.39, 0.29) is 5.91 Å². The van der Waals surface area contributed by atoms with Crippen molar-refractivity contribution in [3.63, 3.8) is 0 Å². The molecule has 0 radical (unpaired) electrons. The summed E-state index contributed by atoms with van der Waals surface area (Å²) in [6.45, 7) is 1.20. The lowest BCUT2D eigenvalue weighted by molar-refractivity contribution is -0.117. The average Bonchev–Trinajstić information content (AvgIpc) is 2.53. The van der Waals surface area contributed by atoms with Crippen molar-refractivity contribution in [2.45, 2.75) is 13.0 Å². The van der Waals surface area contributed by atoms with Crippen LogP contribution in [0.25, 0.3) is 0 Å². The number of carbonyl (C=O) groups is 1. The van der Waals surface area contributed by atoms with Gasteiger partial charge < -0.3 is 15.6 Å². The Bertz CT molecular complexity index is 389. The summed E-state index contributed by atoms with van der Waals surface area (Å²) in [4.78, 5) is 10.5. The van der Waals surface area contributed by atoms with Crippen LogP contribution in [-0.4, -0.2) is 17.0 Å². The first kappa shape index (κ1) is 11.3. The van der Waals surface area contributed by atoms with Gasteiger partial charge in [0.15, 0.2) is 0 Å². The third kappa shape index (κ3) is 3.44. The maximum absolute atomic E-state index is 10.5. The predicted octanol–water partition coefficient (Wildman–Crippen LogP) is -0.138. The predicted molar refractivity (Wildman–Crippen MR) is 55.6 cm³/mol. The van der Waals surface area contributed by atoms with E-state index < -0.39 is 0 Å². The molecule has 0 atom stereocenters. The first-order valence-electron chi connectivity index (χ1n) is 4.68. The molecule has 1 aromatic heterocycles. The zero-order chi connectivity index (χ0) is 11.3. The van der Waals surface area contributed by atoms with Gasteiger partial charge in [-0.2, -0.15) is 5.26 Å². The zero-order valence-corrected chi connectivity index (χ0v) is 8.66. The van der Waals surface area contributed by atoms with Crippen molar-refractivity contribution in [1.82, 2.24) is 9.88 Å². The van der Waals surface area contributed by atoms with Crippen molar-refractivity contribution in [3.05, 3.63) is 23.5 Å². The van der Waals surface area contributed by atoms with Crippen molar-refractivity contribution in [2.24, 2.45) is 12.8 Å². The minimum Gasteiger partial charge on any atom is -0.370 e. The number of aromatic nitrogens is 1. The van der Waals surface area contributed by atoms with Crippen molar-refractivity contribution in [1.29, 1.82) is 5.26 Å². The van der Waals surface area contributed by atoms with Gasteiger partial charge in [0.25, 0.3) is 0 Å². The summed E-state index contributed by atoms with van der Waals surface area (Å²) < 4.78 is 1.77. The van der Waals surface area contributed by atoms with Gasteiger partial charge in [-0.1, -0.05) is 0 Å². The topological polar surface area (TPSA) is 83.8 Å². The third-order valence-corrected chi connectivity index (χ3v) is 2.05. The molecule has 0 saturated heterocycles. The molecule has 0 aliphatic heterocycles. The fraction of sp³-hybridized carbons (Fsp3) is 0.400. The number of hydrogen-bond acceptors (Lipinski definition) is 3. The Morgan fingerprint density at radius 2 is 2.47 bits per heavy atom. The van der Waals surface area contributed by atoms with Gasteiger partial charge in [0.1, 0.15) is 11.8 Å². The van der Waals surface area contributed by atoms with Crippen LogP contribution in [0.2, 0.25) is 0 Å². The van der Waals surface area contributed by atoms with E-state index in [0.29, 0.717) is 25.2 Å². The number of rotatable bonds is 5. The highest BCUT2D eigenvalue weighted by atomic mass is 16.1. The Labute approximate surface area is 88.5 Å². The number of amides is 1. The number of carbonyl (C=O) groups excluding carboxylic acids is 1. The molecule has 0 unspecified atom stereocenters. The van der Waals surface area contributed by atoms with Crippen LogP contribution in [0, 0.1) is 11.3 Å². The summed E-state index contributed by atoms with van der Waals surface area (Å²) in [5.74, 6) is -0.312. The summed E-state index contributed by atoms with van der Waals surface area (Å²) in [6, 6.07) is 3.90. The molecule has 1 rings (SSSR count). The molecule has 15 heavy (non-hydrogen) atoms. The Kier molecular flexibility index (Phi) is 3.89. The largest absolute Gasteiger partial charge is 0.370 e. The monoisotopic (exact) mass is 206 g/mol. The van der Waals surface area contributed by atoms with E-state index in [0.717, 1.165) is 5.56 Å². The summed E-state index contributed by atoms with van der Waals surface area (Å²) >= 11 is 0. The lowest BCUT2D eigenvalue weighted by Gasteiger charge is -1.99. The average molecular weight is 206 g/mol. The van der Waals surface area contributed by atoms with Gasteiger partial charge in [0, 0.05) is 32.8 Å². The summed E-state index contributed by atoms with van der Waals surface area (Å²) in [5, 5.41) is 11.8. The molecular formula is C10H14N4O. The SMILES string of the molecule is Cn1cc(CNCCC(N)=O)cc1C#N. The van der Waals surface area contributed by atoms with Crippen LogP contribution < -0.4 is 11.1 Å². The van der Waals surface area contributed by atoms with Crippen LogP contribution in [0.5, 0.6) is 0 Å². The molecule has 80 valence electrons. The molecule has 0 fully saturated rings. The highest BCUT2D eigenvalue weighted by Crippen LogP contribution is 2.05. The smallest absolute Gasteiger partial charge is 0.218 e. The van der Waals surface area contributed by atoms with Gasteiger partial charge >= 0.3 is 0 Å². The fourth-order valence-corrected chi connectivity index (χ4v) is 1.29. The maximum Gasteiger partial charge on any atom is 0.218 e. The van der Waals surface area contributed by atoms with Gasteiger partial charge in [-0.15, -0.1) is 0 Å². The number of primary amides is 1. The quantitative estimate of drug-likeness (QED) is 0.658. The lowest BCUT2D eigenvalue weighted by Crippen LogP contribution is -2.21. The van der Waals surface area contributed by atoms with Crippen molar-refractivity contribution in [3.8, 4) is 6.07 Å². The highest BCUT2D eigenvalue weighted by molar-refractivity contribution is 5.73. The molecule has 3 N–H and O–H groups in total. The molecule has 0 aromatic carbocycles. The second-order valence-corrected chi connectivity index (χ2v) is 3.35. The van der Waals surface area contributed by atoms with Crippen LogP contribution in [-0.2, 0) is 18.4 Å². The Morgan fingerprint density at radius 3 is 3.00 bits per heavy atom. The second-order valence-electron chi connectivity index (χ2n) is 3.35. The van der Waals surface area contributed by atoms with Crippen molar-refractivity contribution < 1.29 is 4.79 Å². The van der Waals surface area contributed by atoms with Crippen LogP contribution in [0.15, 0.2) is 12.3 Å². The molecule has 0 saturated carbocycles. The van der Waals surface area contributed by atoms with E-state index in [1.54, 1.807) is 4.57 Å². The van der Waals surface area contributed by atoms with Crippen molar-refractivity contribution in [2.75, 3.05) is 6.54 Å². The standard InChI is InChI=1S/C10H14N4O/c1-14-7-8(4-9(14)5-11)6-13-3-2-10(12)15/h4,7,13H,2-3,6H2,1H3,(H2,12,15). The minimum absolute atomic E-state index is 0.312. The number of nitrogens with two attached hydrogens (primary N) is 1. The molecule has 0 bridgehead atoms. The third-order valence-electron chi connectivity index (χ3n) is 2.05. The first-order chi connectivity index (χ1) is 7.13. The van der Waals surface area contributed by atoms with Crippen LogP contribution in [0.1, 0.15) is 17.7 Å². The number of nitrogens with one attached hydrogen (secondary N) is 1. The molecule has 1 aromatic rings. The summed E-state index contributed by atoms with van der Waals surface area (Å²) in [7, 11) is 1.82. The van der Waals surface area contributed by atoms with Crippen LogP contribution in [0.3, 0.4) is 0 Å². The summed E-state index contributed by atoms with van der Waals surface area (Å²) in [6.07, 6.45) is 2.22. The molecule has 1 amide bonds. The molecule has 5 heteroatoms. The molecule has 1 heterocycles. The minimum atomic E-state index is -0.312. The molecule has 0 aliphatic carbocycles. The van der Waals surface area contributed by atoms with Gasteiger partial charge in [-0.25, -0.2) is 0 Å². The zero-order valence-electron chi connectivity index (χ0n) is 8.66. The molecule has 0 spiro atoms. The Morgan fingerprint density at radius 1 is 1.73 bits per heavy atom. The molecular weight excluding hydrogens is 192 g/mol. The lowest BCUT2D eigenvalue weighted by atomic mass is 10.3. The second kappa shape index (κ2) is 5.17. The van der Waals surface area contributed by atoms with E-state index in [2.05, 4.69) is 11.4 Å². The van der Waals surface area contributed by atoms with Gasteiger partial charge in [-0.3, -0.25) is 4.79 Å². The number of nitriles is 1. The van der Waals surface area contributed by atoms with Crippen molar-refractivity contribution >= 4 is 5.91 Å². The van der Waals surface area contributed by atoms with Gasteiger partial charge in [0.2, 0.25) is 5.91 Å². The number of nitrogens with zero attached hydrogens (tertiary/aromatic N) is 2. The maximum atomic E-state index is 10.5. The molecule has 5 nitrogen and oxygen atoms in total.